The number of carbonyl (C=O) groups excluding carboxylic acids is 1. The van der Waals surface area contributed by atoms with Crippen LogP contribution < -0.4 is 5.32 Å². The Labute approximate surface area is 138 Å². The maximum atomic E-state index is 12.4. The van der Waals surface area contributed by atoms with Crippen molar-refractivity contribution in [1.82, 2.24) is 10.3 Å². The summed E-state index contributed by atoms with van der Waals surface area (Å²) in [6.45, 7) is 0. The largest absolute Gasteiger partial charge is 0.349 e. The number of aromatic nitrogens is 1. The molecule has 0 aliphatic heterocycles. The summed E-state index contributed by atoms with van der Waals surface area (Å²) in [5.41, 5.74) is 0.482. The first-order valence-corrected chi connectivity index (χ1v) is 9.06. The van der Waals surface area contributed by atoms with E-state index in [-0.39, 0.29) is 17.1 Å². The normalized spacial score (nSPS) is 19.0. The highest BCUT2D eigenvalue weighted by Gasteiger charge is 2.16. The van der Waals surface area contributed by atoms with Gasteiger partial charge in [-0.3, -0.25) is 4.79 Å². The first-order chi connectivity index (χ1) is 10.8. The van der Waals surface area contributed by atoms with Crippen LogP contribution in [0.25, 0.3) is 0 Å². The van der Waals surface area contributed by atoms with Crippen molar-refractivity contribution in [3.63, 3.8) is 0 Å². The number of rotatable bonds is 2. The van der Waals surface area contributed by atoms with E-state index in [4.69, 9.17) is 11.6 Å². The van der Waals surface area contributed by atoms with Gasteiger partial charge in [-0.15, -0.1) is 0 Å². The average molecular weight is 323 g/mol. The molecule has 2 rings (SSSR count). The summed E-state index contributed by atoms with van der Waals surface area (Å²) >= 11 is 6.01. The van der Waals surface area contributed by atoms with Crippen molar-refractivity contribution in [3.8, 4) is 0 Å². The minimum atomic E-state index is -0.0878. The third-order valence-electron chi connectivity index (χ3n) is 4.44. The lowest BCUT2D eigenvalue weighted by Crippen LogP contribution is -2.35. The summed E-state index contributed by atoms with van der Waals surface area (Å²) in [5.74, 6) is -0.0878. The smallest absolute Gasteiger partial charge is 0.254 e. The standard InChI is InChI=1S/C18H27ClN2O/c19-17-16(13-10-14-20-17)18(22)21-15-11-8-6-4-2-1-3-5-7-9-12-15/h10,13-15H,1-9,11-12H2,(H,21,22). The third-order valence-corrected chi connectivity index (χ3v) is 4.75. The second kappa shape index (κ2) is 9.83. The highest BCUT2D eigenvalue weighted by Crippen LogP contribution is 2.18. The quantitative estimate of drug-likeness (QED) is 0.766. The van der Waals surface area contributed by atoms with Gasteiger partial charge < -0.3 is 5.32 Å². The van der Waals surface area contributed by atoms with Gasteiger partial charge in [0.15, 0.2) is 0 Å². The topological polar surface area (TPSA) is 42.0 Å². The number of hydrogen-bond donors (Lipinski definition) is 1. The lowest BCUT2D eigenvalue weighted by atomic mass is 9.98. The lowest BCUT2D eigenvalue weighted by Gasteiger charge is -2.19. The number of halogens is 1. The number of pyridine rings is 1. The summed E-state index contributed by atoms with van der Waals surface area (Å²) in [4.78, 5) is 16.4. The molecular weight excluding hydrogens is 296 g/mol. The Hall–Kier alpha value is -1.09. The minimum absolute atomic E-state index is 0.0878. The summed E-state index contributed by atoms with van der Waals surface area (Å²) < 4.78 is 0. The van der Waals surface area contributed by atoms with E-state index in [1.165, 1.54) is 57.8 Å². The van der Waals surface area contributed by atoms with E-state index >= 15 is 0 Å². The molecule has 0 atom stereocenters. The van der Waals surface area contributed by atoms with E-state index in [0.717, 1.165) is 12.8 Å². The highest BCUT2D eigenvalue weighted by atomic mass is 35.5. The summed E-state index contributed by atoms with van der Waals surface area (Å²) in [7, 11) is 0. The first kappa shape index (κ1) is 17.3. The van der Waals surface area contributed by atoms with Gasteiger partial charge >= 0.3 is 0 Å². The molecule has 0 spiro atoms. The van der Waals surface area contributed by atoms with Gasteiger partial charge in [0, 0.05) is 12.2 Å². The van der Waals surface area contributed by atoms with E-state index in [0.29, 0.717) is 5.56 Å². The van der Waals surface area contributed by atoms with E-state index in [1.807, 2.05) is 0 Å². The van der Waals surface area contributed by atoms with Gasteiger partial charge in [-0.2, -0.15) is 0 Å². The number of nitrogens with zero attached hydrogens (tertiary/aromatic N) is 1. The van der Waals surface area contributed by atoms with Gasteiger partial charge in [-0.05, 0) is 25.0 Å². The van der Waals surface area contributed by atoms with Gasteiger partial charge in [-0.1, -0.05) is 69.4 Å². The summed E-state index contributed by atoms with van der Waals surface area (Å²) in [6, 6.07) is 3.75. The molecule has 22 heavy (non-hydrogen) atoms. The van der Waals surface area contributed by atoms with Crippen LogP contribution in [-0.4, -0.2) is 16.9 Å². The van der Waals surface area contributed by atoms with Crippen LogP contribution in [0.2, 0.25) is 5.15 Å². The molecule has 1 saturated carbocycles. The van der Waals surface area contributed by atoms with E-state index in [9.17, 15) is 4.79 Å². The molecule has 1 aromatic rings. The Balaban J connectivity index is 1.89. The number of hydrogen-bond acceptors (Lipinski definition) is 2. The van der Waals surface area contributed by atoms with Gasteiger partial charge in [0.2, 0.25) is 0 Å². The van der Waals surface area contributed by atoms with E-state index < -0.39 is 0 Å². The highest BCUT2D eigenvalue weighted by molar-refractivity contribution is 6.32. The number of carbonyl (C=O) groups is 1. The molecule has 1 aliphatic rings. The van der Waals surface area contributed by atoms with Crippen LogP contribution in [-0.2, 0) is 0 Å². The van der Waals surface area contributed by atoms with Crippen LogP contribution in [0.4, 0.5) is 0 Å². The fourth-order valence-corrected chi connectivity index (χ4v) is 3.33. The molecular formula is C18H27ClN2O. The number of nitrogens with one attached hydrogen (secondary N) is 1. The molecule has 0 saturated heterocycles. The van der Waals surface area contributed by atoms with Gasteiger partial charge in [0.25, 0.3) is 5.91 Å². The molecule has 1 aromatic heterocycles. The molecule has 1 aliphatic carbocycles. The molecule has 0 bridgehead atoms. The zero-order valence-corrected chi connectivity index (χ0v) is 14.1. The number of amides is 1. The lowest BCUT2D eigenvalue weighted by molar-refractivity contribution is 0.0931. The molecule has 4 heteroatoms. The third kappa shape index (κ3) is 5.96. The van der Waals surface area contributed by atoms with Crippen molar-refractivity contribution in [3.05, 3.63) is 29.0 Å². The summed E-state index contributed by atoms with van der Waals surface area (Å²) in [6.07, 6.45) is 15.5. The fourth-order valence-electron chi connectivity index (χ4n) is 3.13. The minimum Gasteiger partial charge on any atom is -0.349 e. The predicted octanol–water partition coefficient (Wildman–Crippen LogP) is 5.14. The fraction of sp³-hybridized carbons (Fsp3) is 0.667. The molecule has 122 valence electrons. The van der Waals surface area contributed by atoms with Crippen LogP contribution in [0, 0.1) is 0 Å². The monoisotopic (exact) mass is 322 g/mol. The molecule has 1 amide bonds. The molecule has 1 N–H and O–H groups in total. The summed E-state index contributed by atoms with van der Waals surface area (Å²) in [5, 5.41) is 3.45. The Morgan fingerprint density at radius 2 is 1.55 bits per heavy atom. The van der Waals surface area contributed by atoms with Crippen molar-refractivity contribution in [2.75, 3.05) is 0 Å². The second-order valence-corrected chi connectivity index (χ2v) is 6.63. The van der Waals surface area contributed by atoms with Crippen molar-refractivity contribution in [2.45, 2.75) is 76.7 Å². The average Bonchev–Trinajstić information content (AvgIpc) is 2.50. The zero-order chi connectivity index (χ0) is 15.6. The van der Waals surface area contributed by atoms with E-state index in [2.05, 4.69) is 10.3 Å². The molecule has 0 radical (unpaired) electrons. The van der Waals surface area contributed by atoms with E-state index in [1.54, 1.807) is 18.3 Å². The van der Waals surface area contributed by atoms with Crippen molar-refractivity contribution in [1.29, 1.82) is 0 Å². The molecule has 3 nitrogen and oxygen atoms in total. The Bertz CT molecular complexity index is 452. The molecule has 0 unspecified atom stereocenters. The van der Waals surface area contributed by atoms with Crippen LogP contribution >= 0.6 is 11.6 Å². The Morgan fingerprint density at radius 1 is 1.00 bits per heavy atom. The second-order valence-electron chi connectivity index (χ2n) is 6.27. The maximum Gasteiger partial charge on any atom is 0.254 e. The first-order valence-electron chi connectivity index (χ1n) is 8.69. The van der Waals surface area contributed by atoms with Crippen LogP contribution in [0.5, 0.6) is 0 Å². The van der Waals surface area contributed by atoms with Gasteiger partial charge in [0.1, 0.15) is 5.15 Å². The maximum absolute atomic E-state index is 12.4. The van der Waals surface area contributed by atoms with Crippen molar-refractivity contribution >= 4 is 17.5 Å². The van der Waals surface area contributed by atoms with Gasteiger partial charge in [-0.25, -0.2) is 4.98 Å². The predicted molar refractivity (Wildman–Crippen MR) is 91.3 cm³/mol. The zero-order valence-electron chi connectivity index (χ0n) is 13.3. The SMILES string of the molecule is O=C(NC1CCCCCCCCCCC1)c1cccnc1Cl. The van der Waals surface area contributed by atoms with Crippen LogP contribution in [0.1, 0.15) is 81.0 Å². The Morgan fingerprint density at radius 3 is 2.09 bits per heavy atom. The van der Waals surface area contributed by atoms with Crippen LogP contribution in [0.3, 0.4) is 0 Å². The molecule has 0 aromatic carbocycles. The van der Waals surface area contributed by atoms with Crippen LogP contribution in [0.15, 0.2) is 18.3 Å². The van der Waals surface area contributed by atoms with Crippen molar-refractivity contribution in [2.24, 2.45) is 0 Å². The molecule has 1 fully saturated rings. The van der Waals surface area contributed by atoms with Crippen molar-refractivity contribution < 1.29 is 4.79 Å². The Kier molecular flexibility index (Phi) is 7.72. The molecule has 1 heterocycles. The van der Waals surface area contributed by atoms with Gasteiger partial charge in [0.05, 0.1) is 5.56 Å².